The van der Waals surface area contributed by atoms with Gasteiger partial charge in [0.2, 0.25) is 5.91 Å². The molecule has 2 aromatic carbocycles. The van der Waals surface area contributed by atoms with Crippen LogP contribution in [0.15, 0.2) is 82.3 Å². The molecule has 1 N–H and O–H groups in total. The van der Waals surface area contributed by atoms with Gasteiger partial charge in [-0.25, -0.2) is 4.98 Å². The van der Waals surface area contributed by atoms with Crippen LogP contribution in [0.1, 0.15) is 17.7 Å². The third kappa shape index (κ3) is 5.05. The third-order valence-electron chi connectivity index (χ3n) is 4.72. The molecule has 7 heteroatoms. The number of carbonyl (C=O) groups excluding carboxylic acids is 1. The summed E-state index contributed by atoms with van der Waals surface area (Å²) in [5, 5.41) is 17.0. The van der Waals surface area contributed by atoms with E-state index in [0.717, 1.165) is 22.4 Å². The average molecular weight is 441 g/mol. The van der Waals surface area contributed by atoms with Gasteiger partial charge in [-0.2, -0.15) is 5.26 Å². The lowest BCUT2D eigenvalue weighted by atomic mass is 9.99. The fourth-order valence-corrected chi connectivity index (χ4v) is 4.15. The second-order valence-electron chi connectivity index (χ2n) is 7.05. The molecule has 0 atom stereocenters. The maximum absolute atomic E-state index is 12.3. The molecule has 0 aliphatic heterocycles. The number of benzene rings is 2. The molecular formula is C25H20N4O2S. The maximum atomic E-state index is 12.3. The van der Waals surface area contributed by atoms with Gasteiger partial charge in [0.1, 0.15) is 16.9 Å². The summed E-state index contributed by atoms with van der Waals surface area (Å²) in [6, 6.07) is 25.6. The van der Waals surface area contributed by atoms with Crippen LogP contribution >= 0.6 is 11.8 Å². The van der Waals surface area contributed by atoms with Gasteiger partial charge in [0.15, 0.2) is 5.82 Å². The number of aromatic nitrogens is 2. The molecule has 0 aliphatic rings. The number of nitrogens with zero attached hydrogens (tertiary/aromatic N) is 3. The Kier molecular flexibility index (Phi) is 6.63. The number of thioether (sulfide) groups is 1. The van der Waals surface area contributed by atoms with Crippen molar-refractivity contribution in [2.24, 2.45) is 0 Å². The van der Waals surface area contributed by atoms with Crippen LogP contribution in [0.25, 0.3) is 22.4 Å². The van der Waals surface area contributed by atoms with Crippen LogP contribution in [0.3, 0.4) is 0 Å². The van der Waals surface area contributed by atoms with Crippen molar-refractivity contribution in [3.63, 3.8) is 0 Å². The Morgan fingerprint density at radius 2 is 1.75 bits per heavy atom. The van der Waals surface area contributed by atoms with E-state index in [1.807, 2.05) is 66.7 Å². The van der Waals surface area contributed by atoms with Gasteiger partial charge in [0.05, 0.1) is 11.3 Å². The Morgan fingerprint density at radius 3 is 2.38 bits per heavy atom. The largest absolute Gasteiger partial charge is 0.360 e. The summed E-state index contributed by atoms with van der Waals surface area (Å²) in [5.41, 5.74) is 4.04. The molecule has 32 heavy (non-hydrogen) atoms. The van der Waals surface area contributed by atoms with E-state index >= 15 is 0 Å². The fourth-order valence-electron chi connectivity index (χ4n) is 3.21. The van der Waals surface area contributed by atoms with Gasteiger partial charge in [0.25, 0.3) is 0 Å². The molecule has 0 bridgehead atoms. The van der Waals surface area contributed by atoms with E-state index in [9.17, 15) is 10.1 Å². The summed E-state index contributed by atoms with van der Waals surface area (Å²) in [6.07, 6.45) is 0.249. The number of anilines is 1. The van der Waals surface area contributed by atoms with E-state index in [-0.39, 0.29) is 12.3 Å². The minimum atomic E-state index is -0.174. The van der Waals surface area contributed by atoms with Crippen molar-refractivity contribution in [3.8, 4) is 28.5 Å². The molecule has 0 fully saturated rings. The van der Waals surface area contributed by atoms with Gasteiger partial charge in [-0.3, -0.25) is 4.79 Å². The Balaban J connectivity index is 1.60. The normalized spacial score (nSPS) is 10.5. The number of carbonyl (C=O) groups is 1. The van der Waals surface area contributed by atoms with Crippen LogP contribution in [0.2, 0.25) is 0 Å². The first-order valence-corrected chi connectivity index (χ1v) is 11.0. The monoisotopic (exact) mass is 440 g/mol. The van der Waals surface area contributed by atoms with Crippen LogP contribution in [0, 0.1) is 18.3 Å². The molecule has 1 amide bonds. The lowest BCUT2D eigenvalue weighted by molar-refractivity contribution is -0.115. The summed E-state index contributed by atoms with van der Waals surface area (Å²) in [6.45, 7) is 1.76. The zero-order chi connectivity index (χ0) is 22.3. The Morgan fingerprint density at radius 1 is 1.06 bits per heavy atom. The lowest BCUT2D eigenvalue weighted by Crippen LogP contribution is -2.12. The molecule has 4 rings (SSSR count). The molecule has 158 valence electrons. The number of nitrogens with one attached hydrogen (secondary N) is 1. The maximum Gasteiger partial charge on any atom is 0.226 e. The SMILES string of the molecule is Cc1cc(NC(=O)CCSc2nc(-c3ccccc3)cc(-c3ccccc3)c2C#N)no1. The number of aryl methyl sites for hydroxylation is 1. The van der Waals surface area contributed by atoms with Gasteiger partial charge >= 0.3 is 0 Å². The van der Waals surface area contributed by atoms with Crippen molar-refractivity contribution in [1.29, 1.82) is 5.26 Å². The van der Waals surface area contributed by atoms with Crippen LogP contribution in [0.4, 0.5) is 5.82 Å². The van der Waals surface area contributed by atoms with Crippen LogP contribution < -0.4 is 5.32 Å². The summed E-state index contributed by atoms with van der Waals surface area (Å²) in [7, 11) is 0. The van der Waals surface area contributed by atoms with Gasteiger partial charge in [0, 0.05) is 29.4 Å². The summed E-state index contributed by atoms with van der Waals surface area (Å²) in [4.78, 5) is 17.0. The standard InChI is InChI=1S/C25H20N4O2S/c1-17-14-23(29-31-17)28-24(30)12-13-32-25-21(16-26)20(18-8-4-2-5-9-18)15-22(27-25)19-10-6-3-7-11-19/h2-11,14-15H,12-13H2,1H3,(H,28,29,30). The summed E-state index contributed by atoms with van der Waals surface area (Å²) in [5.74, 6) is 1.32. The zero-order valence-electron chi connectivity index (χ0n) is 17.4. The third-order valence-corrected chi connectivity index (χ3v) is 5.69. The van der Waals surface area contributed by atoms with Gasteiger partial charge < -0.3 is 9.84 Å². The summed E-state index contributed by atoms with van der Waals surface area (Å²) >= 11 is 1.40. The molecule has 0 saturated heterocycles. The number of rotatable bonds is 7. The average Bonchev–Trinajstić information content (AvgIpc) is 3.24. The number of amides is 1. The van der Waals surface area contributed by atoms with Crippen LogP contribution in [-0.4, -0.2) is 21.8 Å². The highest BCUT2D eigenvalue weighted by Gasteiger charge is 2.16. The molecule has 0 radical (unpaired) electrons. The number of hydrogen-bond donors (Lipinski definition) is 1. The summed E-state index contributed by atoms with van der Waals surface area (Å²) < 4.78 is 4.96. The topological polar surface area (TPSA) is 91.8 Å². The van der Waals surface area contributed by atoms with E-state index in [1.54, 1.807) is 13.0 Å². The van der Waals surface area contributed by atoms with E-state index in [1.165, 1.54) is 11.8 Å². The molecule has 2 aromatic heterocycles. The Labute approximate surface area is 190 Å². The molecule has 6 nitrogen and oxygen atoms in total. The predicted octanol–water partition coefficient (Wildman–Crippen LogP) is 5.70. The highest BCUT2D eigenvalue weighted by molar-refractivity contribution is 7.99. The highest BCUT2D eigenvalue weighted by atomic mass is 32.2. The zero-order valence-corrected chi connectivity index (χ0v) is 18.2. The van der Waals surface area contributed by atoms with E-state index in [2.05, 4.69) is 16.5 Å². The van der Waals surface area contributed by atoms with E-state index in [4.69, 9.17) is 9.51 Å². The van der Waals surface area contributed by atoms with Crippen LogP contribution in [0.5, 0.6) is 0 Å². The molecule has 0 unspecified atom stereocenters. The van der Waals surface area contributed by atoms with Crippen molar-refractivity contribution in [3.05, 3.63) is 84.1 Å². The van der Waals surface area contributed by atoms with Crippen molar-refractivity contribution < 1.29 is 9.32 Å². The first-order valence-electron chi connectivity index (χ1n) is 10.1. The molecular weight excluding hydrogens is 420 g/mol. The molecule has 2 heterocycles. The second kappa shape index (κ2) is 9.94. The Bertz CT molecular complexity index is 1260. The lowest BCUT2D eigenvalue weighted by Gasteiger charge is -2.12. The molecule has 0 aliphatic carbocycles. The highest BCUT2D eigenvalue weighted by Crippen LogP contribution is 2.34. The number of hydrogen-bond acceptors (Lipinski definition) is 6. The van der Waals surface area contributed by atoms with E-state index in [0.29, 0.717) is 27.9 Å². The van der Waals surface area contributed by atoms with E-state index < -0.39 is 0 Å². The van der Waals surface area contributed by atoms with Crippen molar-refractivity contribution in [2.75, 3.05) is 11.1 Å². The van der Waals surface area contributed by atoms with Crippen molar-refractivity contribution in [1.82, 2.24) is 10.1 Å². The predicted molar refractivity (Wildman–Crippen MR) is 125 cm³/mol. The quantitative estimate of drug-likeness (QED) is 0.370. The first-order chi connectivity index (χ1) is 15.6. The van der Waals surface area contributed by atoms with Crippen molar-refractivity contribution in [2.45, 2.75) is 18.4 Å². The van der Waals surface area contributed by atoms with Crippen molar-refractivity contribution >= 4 is 23.5 Å². The molecule has 0 spiro atoms. The number of pyridine rings is 1. The number of nitriles is 1. The second-order valence-corrected chi connectivity index (χ2v) is 8.13. The van der Waals surface area contributed by atoms with Gasteiger partial charge in [-0.05, 0) is 18.6 Å². The van der Waals surface area contributed by atoms with Gasteiger partial charge in [-0.15, -0.1) is 11.8 Å². The fraction of sp³-hybridized carbons (Fsp3) is 0.120. The first kappa shape index (κ1) is 21.3. The minimum Gasteiger partial charge on any atom is -0.360 e. The smallest absolute Gasteiger partial charge is 0.226 e. The minimum absolute atomic E-state index is 0.174. The Hall–Kier alpha value is -3.89. The van der Waals surface area contributed by atoms with Crippen LogP contribution in [-0.2, 0) is 4.79 Å². The molecule has 4 aromatic rings. The van der Waals surface area contributed by atoms with Gasteiger partial charge in [-0.1, -0.05) is 65.8 Å². The molecule has 0 saturated carbocycles.